The van der Waals surface area contributed by atoms with Crippen LogP contribution in [0.1, 0.15) is 39.0 Å². The average Bonchev–Trinajstić information content (AvgIpc) is 2.72. The topological polar surface area (TPSA) is 92.9 Å². The molecule has 1 heterocycles. The number of carboxylic acids is 1. The van der Waals surface area contributed by atoms with Gasteiger partial charge in [-0.15, -0.1) is 0 Å². The second kappa shape index (κ2) is 7.62. The molecule has 1 aromatic heterocycles. The van der Waals surface area contributed by atoms with Crippen LogP contribution >= 0.6 is 0 Å². The lowest BCUT2D eigenvalue weighted by Gasteiger charge is -2.15. The molecule has 0 saturated heterocycles. The molecule has 102 valence electrons. The van der Waals surface area contributed by atoms with Gasteiger partial charge in [0.15, 0.2) is 0 Å². The number of aryl methyl sites for hydroxylation is 1. The number of aliphatic carboxylic acids is 1. The van der Waals surface area contributed by atoms with Crippen LogP contribution in [0.25, 0.3) is 0 Å². The van der Waals surface area contributed by atoms with Gasteiger partial charge >= 0.3 is 5.97 Å². The van der Waals surface area contributed by atoms with Crippen LogP contribution in [0.2, 0.25) is 0 Å². The third kappa shape index (κ3) is 5.11. The maximum Gasteiger partial charge on any atom is 0.303 e. The first-order valence-corrected chi connectivity index (χ1v) is 6.31. The number of nitrogens with one attached hydrogen (secondary N) is 1. The second-order valence-corrected chi connectivity index (χ2v) is 4.43. The molecule has 1 atom stereocenters. The predicted molar refractivity (Wildman–Crippen MR) is 67.2 cm³/mol. The van der Waals surface area contributed by atoms with Gasteiger partial charge in [-0.2, -0.15) is 0 Å². The molecule has 2 N–H and O–H groups in total. The highest BCUT2D eigenvalue weighted by Gasteiger charge is 2.10. The predicted octanol–water partition coefficient (Wildman–Crippen LogP) is 1.29. The first-order valence-electron chi connectivity index (χ1n) is 6.31. The molecule has 1 aromatic rings. The van der Waals surface area contributed by atoms with Crippen molar-refractivity contribution in [3.8, 4) is 0 Å². The van der Waals surface area contributed by atoms with Gasteiger partial charge in [0.2, 0.25) is 5.95 Å². The molecule has 0 aliphatic carbocycles. The Morgan fingerprint density at radius 3 is 2.78 bits per heavy atom. The van der Waals surface area contributed by atoms with E-state index < -0.39 is 5.97 Å². The maximum absolute atomic E-state index is 10.6. The van der Waals surface area contributed by atoms with Crippen LogP contribution in [0.15, 0.2) is 0 Å². The molecular formula is C11H21N5O2. The Morgan fingerprint density at radius 2 is 2.22 bits per heavy atom. The molecule has 7 heteroatoms. The molecule has 0 saturated carbocycles. The zero-order valence-corrected chi connectivity index (χ0v) is 11.0. The van der Waals surface area contributed by atoms with E-state index in [2.05, 4.69) is 27.8 Å². The highest BCUT2D eigenvalue weighted by molar-refractivity contribution is 5.66. The number of tetrazole rings is 1. The van der Waals surface area contributed by atoms with Crippen LogP contribution in [0.3, 0.4) is 0 Å². The average molecular weight is 255 g/mol. The number of carbonyl (C=O) groups is 1. The van der Waals surface area contributed by atoms with Gasteiger partial charge in [0.05, 0.1) is 0 Å². The van der Waals surface area contributed by atoms with Crippen molar-refractivity contribution < 1.29 is 9.90 Å². The first kappa shape index (κ1) is 14.4. The van der Waals surface area contributed by atoms with E-state index in [1.54, 1.807) is 11.7 Å². The van der Waals surface area contributed by atoms with Crippen molar-refractivity contribution in [1.29, 1.82) is 0 Å². The van der Waals surface area contributed by atoms with E-state index >= 15 is 0 Å². The Hall–Kier alpha value is -1.66. The van der Waals surface area contributed by atoms with Gasteiger partial charge < -0.3 is 10.4 Å². The summed E-state index contributed by atoms with van der Waals surface area (Å²) in [6.07, 6.45) is 4.06. The quantitative estimate of drug-likeness (QED) is 0.690. The molecule has 0 spiro atoms. The third-order valence-corrected chi connectivity index (χ3v) is 2.92. The van der Waals surface area contributed by atoms with E-state index in [4.69, 9.17) is 5.11 Å². The number of anilines is 1. The summed E-state index contributed by atoms with van der Waals surface area (Å²) >= 11 is 0. The number of rotatable bonds is 9. The van der Waals surface area contributed by atoms with Gasteiger partial charge in [-0.1, -0.05) is 24.9 Å². The fourth-order valence-electron chi connectivity index (χ4n) is 1.94. The van der Waals surface area contributed by atoms with Crippen molar-refractivity contribution in [2.24, 2.45) is 13.0 Å². The number of aromatic nitrogens is 4. The van der Waals surface area contributed by atoms with E-state index in [0.29, 0.717) is 11.9 Å². The molecule has 1 rings (SSSR count). The number of hydrogen-bond acceptors (Lipinski definition) is 5. The molecule has 0 aliphatic rings. The fraction of sp³-hybridized carbons (Fsp3) is 0.818. The summed E-state index contributed by atoms with van der Waals surface area (Å²) in [5, 5.41) is 22.9. The standard InChI is InChI=1S/C11H21N5O2/c1-3-4-9(5-6-10(17)18)7-8-12-11-13-14-15-16(11)2/h9H,3-8H2,1-2H3,(H,17,18)(H,12,13,15). The molecular weight excluding hydrogens is 234 g/mol. The van der Waals surface area contributed by atoms with Gasteiger partial charge in [-0.25, -0.2) is 4.68 Å². The van der Waals surface area contributed by atoms with E-state index in [9.17, 15) is 4.79 Å². The Bertz CT molecular complexity index is 366. The molecule has 0 fully saturated rings. The summed E-state index contributed by atoms with van der Waals surface area (Å²) in [4.78, 5) is 10.6. The minimum Gasteiger partial charge on any atom is -0.481 e. The number of carboxylic acid groups (broad SMARTS) is 1. The number of nitrogens with zero attached hydrogens (tertiary/aromatic N) is 4. The molecule has 0 aromatic carbocycles. The van der Waals surface area contributed by atoms with Crippen LogP contribution in [-0.4, -0.2) is 37.8 Å². The smallest absolute Gasteiger partial charge is 0.303 e. The minimum absolute atomic E-state index is 0.246. The van der Waals surface area contributed by atoms with Crippen molar-refractivity contribution >= 4 is 11.9 Å². The third-order valence-electron chi connectivity index (χ3n) is 2.92. The summed E-state index contributed by atoms with van der Waals surface area (Å²) in [6.45, 7) is 2.88. The van der Waals surface area contributed by atoms with Crippen molar-refractivity contribution in [3.05, 3.63) is 0 Å². The SMILES string of the molecule is CCCC(CCNc1nnnn1C)CCC(=O)O. The highest BCUT2D eigenvalue weighted by Crippen LogP contribution is 2.17. The lowest BCUT2D eigenvalue weighted by molar-refractivity contribution is -0.137. The first-order chi connectivity index (χ1) is 8.63. The van der Waals surface area contributed by atoms with Gasteiger partial charge in [-0.3, -0.25) is 4.79 Å². The highest BCUT2D eigenvalue weighted by atomic mass is 16.4. The van der Waals surface area contributed by atoms with E-state index in [-0.39, 0.29) is 6.42 Å². The van der Waals surface area contributed by atoms with Crippen LogP contribution in [0.4, 0.5) is 5.95 Å². The van der Waals surface area contributed by atoms with E-state index in [1.165, 1.54) is 0 Å². The van der Waals surface area contributed by atoms with Gasteiger partial charge in [0, 0.05) is 20.0 Å². The summed E-state index contributed by atoms with van der Waals surface area (Å²) in [6, 6.07) is 0. The molecule has 1 unspecified atom stereocenters. The summed E-state index contributed by atoms with van der Waals surface area (Å²) in [5.74, 6) is 0.366. The Labute approximate surface area is 107 Å². The van der Waals surface area contributed by atoms with Crippen LogP contribution in [0.5, 0.6) is 0 Å². The molecule has 18 heavy (non-hydrogen) atoms. The van der Waals surface area contributed by atoms with Gasteiger partial charge in [-0.05, 0) is 29.2 Å². The maximum atomic E-state index is 10.6. The van der Waals surface area contributed by atoms with E-state index in [1.807, 2.05) is 0 Å². The molecule has 0 aliphatic heterocycles. The monoisotopic (exact) mass is 255 g/mol. The summed E-state index contributed by atoms with van der Waals surface area (Å²) in [7, 11) is 1.77. The Kier molecular flexibility index (Phi) is 6.10. The normalized spacial score (nSPS) is 12.3. The summed E-state index contributed by atoms with van der Waals surface area (Å²) in [5.41, 5.74) is 0. The Morgan fingerprint density at radius 1 is 1.44 bits per heavy atom. The zero-order chi connectivity index (χ0) is 13.4. The van der Waals surface area contributed by atoms with Crippen molar-refractivity contribution in [3.63, 3.8) is 0 Å². The molecule has 0 amide bonds. The second-order valence-electron chi connectivity index (χ2n) is 4.43. The van der Waals surface area contributed by atoms with Gasteiger partial charge in [0.25, 0.3) is 0 Å². The largest absolute Gasteiger partial charge is 0.481 e. The summed E-state index contributed by atoms with van der Waals surface area (Å²) < 4.78 is 1.58. The van der Waals surface area contributed by atoms with Gasteiger partial charge in [0.1, 0.15) is 0 Å². The van der Waals surface area contributed by atoms with Crippen molar-refractivity contribution in [2.45, 2.75) is 39.0 Å². The lowest BCUT2D eigenvalue weighted by atomic mass is 9.94. The zero-order valence-electron chi connectivity index (χ0n) is 11.0. The Balaban J connectivity index is 2.28. The minimum atomic E-state index is -0.721. The van der Waals surface area contributed by atoms with E-state index in [0.717, 1.165) is 32.2 Å². The molecule has 0 radical (unpaired) electrons. The van der Waals surface area contributed by atoms with Crippen LogP contribution in [-0.2, 0) is 11.8 Å². The molecule has 7 nitrogen and oxygen atoms in total. The molecule has 0 bridgehead atoms. The van der Waals surface area contributed by atoms with Crippen molar-refractivity contribution in [2.75, 3.05) is 11.9 Å². The lowest BCUT2D eigenvalue weighted by Crippen LogP contribution is -2.13. The number of hydrogen-bond donors (Lipinski definition) is 2. The van der Waals surface area contributed by atoms with Crippen molar-refractivity contribution in [1.82, 2.24) is 20.2 Å². The fourth-order valence-corrected chi connectivity index (χ4v) is 1.94. The van der Waals surface area contributed by atoms with Crippen LogP contribution in [0, 0.1) is 5.92 Å². The van der Waals surface area contributed by atoms with Crippen LogP contribution < -0.4 is 5.32 Å².